The van der Waals surface area contributed by atoms with Gasteiger partial charge in [0.1, 0.15) is 0 Å². The molecule has 2 heterocycles. The lowest BCUT2D eigenvalue weighted by Gasteiger charge is -2.40. The molecule has 0 radical (unpaired) electrons. The lowest BCUT2D eigenvalue weighted by Crippen LogP contribution is -2.51. The Morgan fingerprint density at radius 3 is 2.42 bits per heavy atom. The van der Waals surface area contributed by atoms with E-state index in [1.807, 2.05) is 43.3 Å². The minimum atomic E-state index is -3.29. The molecule has 1 saturated heterocycles. The van der Waals surface area contributed by atoms with Crippen molar-refractivity contribution in [3.05, 3.63) is 42.5 Å². The summed E-state index contributed by atoms with van der Waals surface area (Å²) in [7, 11) is -3.29. The van der Waals surface area contributed by atoms with E-state index < -0.39 is 16.1 Å². The van der Waals surface area contributed by atoms with Crippen LogP contribution in [0.1, 0.15) is 34.1 Å². The molecule has 2 aromatic rings. The second-order valence-electron chi connectivity index (χ2n) is 8.78. The lowest BCUT2D eigenvalue weighted by atomic mass is 10.0. The number of hydrogen-bond donors (Lipinski definition) is 0. The maximum Gasteiger partial charge on any atom is 0.414 e. The first-order valence-corrected chi connectivity index (χ1v) is 12.7. The van der Waals surface area contributed by atoms with Gasteiger partial charge in [-0.3, -0.25) is 14.0 Å². The van der Waals surface area contributed by atoms with E-state index in [2.05, 4.69) is 0 Å². The van der Waals surface area contributed by atoms with Crippen LogP contribution in [-0.2, 0) is 19.6 Å². The Balaban J connectivity index is 1.78. The molecule has 0 bridgehead atoms. The average molecular weight is 472 g/mol. The minimum absolute atomic E-state index is 0.102. The first-order valence-electron chi connectivity index (χ1n) is 11.1. The number of anilines is 3. The van der Waals surface area contributed by atoms with Gasteiger partial charge in [0.05, 0.1) is 35.0 Å². The molecule has 33 heavy (non-hydrogen) atoms. The van der Waals surface area contributed by atoms with Crippen LogP contribution in [0.25, 0.3) is 11.1 Å². The van der Waals surface area contributed by atoms with Crippen LogP contribution < -0.4 is 14.1 Å². The number of fused-ring (bicyclic) bond motifs is 1. The van der Waals surface area contributed by atoms with Crippen molar-refractivity contribution in [2.75, 3.05) is 32.9 Å². The van der Waals surface area contributed by atoms with Crippen LogP contribution in [0, 0.1) is 0 Å². The van der Waals surface area contributed by atoms with Crippen LogP contribution in [0.4, 0.5) is 21.9 Å². The van der Waals surface area contributed by atoms with Crippen molar-refractivity contribution in [2.24, 2.45) is 0 Å². The number of benzene rings is 2. The Hall–Kier alpha value is -3.07. The molecule has 4 rings (SSSR count). The summed E-state index contributed by atoms with van der Waals surface area (Å²) in [6.45, 7) is 7.78. The summed E-state index contributed by atoms with van der Waals surface area (Å²) in [5.74, 6) is 0.0526. The Bertz CT molecular complexity index is 1190. The third-order valence-electron chi connectivity index (χ3n) is 5.88. The van der Waals surface area contributed by atoms with Gasteiger partial charge in [-0.15, -0.1) is 0 Å². The van der Waals surface area contributed by atoms with Gasteiger partial charge in [-0.05, 0) is 62.6 Å². The molecule has 0 N–H and O–H groups in total. The fourth-order valence-corrected chi connectivity index (χ4v) is 6.05. The van der Waals surface area contributed by atoms with Gasteiger partial charge in [-0.1, -0.05) is 18.2 Å². The van der Waals surface area contributed by atoms with Crippen LogP contribution in [-0.4, -0.2) is 51.4 Å². The van der Waals surface area contributed by atoms with Crippen molar-refractivity contribution in [1.29, 1.82) is 0 Å². The molecule has 2 amide bonds. The molecule has 0 aliphatic carbocycles. The van der Waals surface area contributed by atoms with E-state index >= 15 is 0 Å². The molecule has 2 aromatic carbocycles. The maximum atomic E-state index is 12.9. The first-order chi connectivity index (χ1) is 15.6. The monoisotopic (exact) mass is 471 g/mol. The van der Waals surface area contributed by atoms with Crippen molar-refractivity contribution in [3.8, 4) is 11.1 Å². The van der Waals surface area contributed by atoms with Crippen LogP contribution in [0.3, 0.4) is 0 Å². The molecular formula is C24H29N3O5S. The second-order valence-corrected chi connectivity index (χ2v) is 10.8. The molecule has 1 atom stereocenters. The van der Waals surface area contributed by atoms with E-state index in [0.717, 1.165) is 11.1 Å². The molecule has 176 valence electrons. The molecule has 2 aliphatic rings. The molecular weight excluding hydrogens is 442 g/mol. The molecule has 9 heteroatoms. The summed E-state index contributed by atoms with van der Waals surface area (Å²) < 4.78 is 31.6. The van der Waals surface area contributed by atoms with Crippen molar-refractivity contribution >= 4 is 39.1 Å². The van der Waals surface area contributed by atoms with Crippen LogP contribution in [0.2, 0.25) is 0 Å². The third kappa shape index (κ3) is 4.42. The number of carbonyl (C=O) groups is 2. The summed E-state index contributed by atoms with van der Waals surface area (Å²) >= 11 is 0. The van der Waals surface area contributed by atoms with Crippen LogP contribution in [0.15, 0.2) is 42.5 Å². The minimum Gasteiger partial charge on any atom is -0.446 e. The van der Waals surface area contributed by atoms with E-state index in [-0.39, 0.29) is 23.8 Å². The summed E-state index contributed by atoms with van der Waals surface area (Å²) in [5, 5.41) is 0. The van der Waals surface area contributed by atoms with Gasteiger partial charge < -0.3 is 9.64 Å². The van der Waals surface area contributed by atoms with Gasteiger partial charge in [0.2, 0.25) is 15.9 Å². The van der Waals surface area contributed by atoms with Gasteiger partial charge in [-0.2, -0.15) is 0 Å². The van der Waals surface area contributed by atoms with Gasteiger partial charge in [0, 0.05) is 20.0 Å². The fourth-order valence-electron chi connectivity index (χ4n) is 4.49. The zero-order valence-electron chi connectivity index (χ0n) is 19.3. The van der Waals surface area contributed by atoms with Crippen LogP contribution >= 0.6 is 0 Å². The van der Waals surface area contributed by atoms with Gasteiger partial charge >= 0.3 is 6.09 Å². The predicted molar refractivity (Wildman–Crippen MR) is 129 cm³/mol. The number of rotatable bonds is 3. The number of nitrogens with zero attached hydrogens (tertiary/aromatic N) is 3. The largest absolute Gasteiger partial charge is 0.446 e. The fraction of sp³-hybridized carbons (Fsp3) is 0.417. The average Bonchev–Trinajstić information content (AvgIpc) is 3.11. The SMILES string of the molecule is CC(=O)N1c2ccc(-c3cccc(N4CCCS4(=O)=O)c3)cc2N(C(=O)OC(C)C)CC1C. The van der Waals surface area contributed by atoms with E-state index in [9.17, 15) is 18.0 Å². The Kier molecular flexibility index (Phi) is 6.09. The Morgan fingerprint density at radius 1 is 1.06 bits per heavy atom. The highest BCUT2D eigenvalue weighted by Gasteiger charge is 2.35. The highest BCUT2D eigenvalue weighted by molar-refractivity contribution is 7.93. The Labute approximate surface area is 194 Å². The van der Waals surface area contributed by atoms with Crippen molar-refractivity contribution in [2.45, 2.75) is 46.3 Å². The molecule has 1 unspecified atom stereocenters. The normalized spacial score (nSPS) is 19.5. The molecule has 0 aromatic heterocycles. The van der Waals surface area contributed by atoms with Gasteiger partial charge in [0.25, 0.3) is 0 Å². The number of sulfonamides is 1. The summed E-state index contributed by atoms with van der Waals surface area (Å²) in [6, 6.07) is 12.7. The summed E-state index contributed by atoms with van der Waals surface area (Å²) in [4.78, 5) is 28.5. The molecule has 0 spiro atoms. The zero-order valence-corrected chi connectivity index (χ0v) is 20.1. The number of hydrogen-bond acceptors (Lipinski definition) is 5. The van der Waals surface area contributed by atoms with E-state index in [4.69, 9.17) is 4.74 Å². The van der Waals surface area contributed by atoms with E-state index in [0.29, 0.717) is 36.6 Å². The number of carbonyl (C=O) groups excluding carboxylic acids is 2. The number of ether oxygens (including phenoxy) is 1. The molecule has 1 fully saturated rings. The second kappa shape index (κ2) is 8.70. The van der Waals surface area contributed by atoms with Gasteiger partial charge in [-0.25, -0.2) is 13.2 Å². The quantitative estimate of drug-likeness (QED) is 0.675. The maximum absolute atomic E-state index is 12.9. The predicted octanol–water partition coefficient (Wildman–Crippen LogP) is 4.00. The zero-order chi connectivity index (χ0) is 23.9. The Morgan fingerprint density at radius 2 is 1.79 bits per heavy atom. The topological polar surface area (TPSA) is 87.2 Å². The molecule has 8 nitrogen and oxygen atoms in total. The highest BCUT2D eigenvalue weighted by atomic mass is 32.2. The third-order valence-corrected chi connectivity index (χ3v) is 7.75. The van der Waals surface area contributed by atoms with E-state index in [1.54, 1.807) is 29.7 Å². The molecule has 0 saturated carbocycles. The smallest absolute Gasteiger partial charge is 0.414 e. The van der Waals surface area contributed by atoms with Crippen molar-refractivity contribution in [3.63, 3.8) is 0 Å². The highest BCUT2D eigenvalue weighted by Crippen LogP contribution is 2.40. The van der Waals surface area contributed by atoms with Gasteiger partial charge in [0.15, 0.2) is 0 Å². The molecule has 2 aliphatic heterocycles. The summed E-state index contributed by atoms with van der Waals surface area (Å²) in [6.07, 6.45) is -0.128. The summed E-state index contributed by atoms with van der Waals surface area (Å²) in [5.41, 5.74) is 3.49. The first kappa shape index (κ1) is 23.1. The van der Waals surface area contributed by atoms with Crippen molar-refractivity contribution in [1.82, 2.24) is 0 Å². The van der Waals surface area contributed by atoms with Crippen LogP contribution in [0.5, 0.6) is 0 Å². The lowest BCUT2D eigenvalue weighted by molar-refractivity contribution is -0.117. The van der Waals surface area contributed by atoms with E-state index in [1.165, 1.54) is 11.2 Å². The standard InChI is InChI=1S/C24H29N3O5S/c1-16(2)32-24(29)25-15-17(3)27(18(4)28)22-10-9-20(14-23(22)25)19-7-5-8-21(13-19)26-11-6-12-33(26,30)31/h5,7-10,13-14,16-17H,6,11-12,15H2,1-4H3. The number of amides is 2. The van der Waals surface area contributed by atoms with Crippen molar-refractivity contribution < 1.29 is 22.7 Å².